The second kappa shape index (κ2) is 3.19. The first-order valence-electron chi connectivity index (χ1n) is 3.58. The van der Waals surface area contributed by atoms with E-state index < -0.39 is 6.10 Å². The smallest absolute Gasteiger partial charge is 0.210 e. The molecule has 0 fully saturated rings. The van der Waals surface area contributed by atoms with Crippen molar-refractivity contribution in [3.63, 3.8) is 0 Å². The Labute approximate surface area is 77.9 Å². The summed E-state index contributed by atoms with van der Waals surface area (Å²) < 4.78 is 0. The van der Waals surface area contributed by atoms with Crippen LogP contribution in [0.2, 0.25) is 0 Å². The van der Waals surface area contributed by atoms with Gasteiger partial charge < -0.3 is 5.11 Å². The molecule has 68 valence electrons. The molecule has 0 saturated carbocycles. The van der Waals surface area contributed by atoms with E-state index in [0.29, 0.717) is 5.01 Å². The van der Waals surface area contributed by atoms with Crippen LogP contribution in [-0.4, -0.2) is 30.3 Å². The SMILES string of the molecule is Cn1nnc(C(O)c2nccs2)n1. The molecule has 13 heavy (non-hydrogen) atoms. The molecule has 0 radical (unpaired) electrons. The minimum Gasteiger partial charge on any atom is -0.378 e. The van der Waals surface area contributed by atoms with E-state index in [1.807, 2.05) is 0 Å². The third-order valence-corrected chi connectivity index (χ3v) is 2.28. The molecular formula is C6H7N5OS. The Morgan fingerprint density at radius 2 is 2.46 bits per heavy atom. The second-order valence-corrected chi connectivity index (χ2v) is 3.34. The van der Waals surface area contributed by atoms with Gasteiger partial charge in [0, 0.05) is 11.6 Å². The van der Waals surface area contributed by atoms with Gasteiger partial charge in [0.15, 0.2) is 6.10 Å². The zero-order valence-corrected chi connectivity index (χ0v) is 7.64. The molecule has 0 spiro atoms. The van der Waals surface area contributed by atoms with E-state index in [2.05, 4.69) is 20.4 Å². The third-order valence-electron chi connectivity index (χ3n) is 1.45. The van der Waals surface area contributed by atoms with Gasteiger partial charge in [-0.15, -0.1) is 21.5 Å². The molecule has 0 aliphatic heterocycles. The van der Waals surface area contributed by atoms with Crippen molar-refractivity contribution in [3.8, 4) is 0 Å². The number of aromatic nitrogens is 5. The molecule has 0 aliphatic rings. The van der Waals surface area contributed by atoms with Crippen LogP contribution in [0.3, 0.4) is 0 Å². The van der Waals surface area contributed by atoms with Gasteiger partial charge in [0.2, 0.25) is 5.82 Å². The van der Waals surface area contributed by atoms with Crippen molar-refractivity contribution in [1.82, 2.24) is 25.2 Å². The van der Waals surface area contributed by atoms with E-state index in [1.165, 1.54) is 16.1 Å². The molecule has 2 aromatic rings. The fourth-order valence-electron chi connectivity index (χ4n) is 0.888. The van der Waals surface area contributed by atoms with Gasteiger partial charge in [-0.3, -0.25) is 0 Å². The first-order valence-corrected chi connectivity index (χ1v) is 4.46. The predicted octanol–water partition coefficient (Wildman–Crippen LogP) is -0.252. The number of rotatable bonds is 2. The van der Waals surface area contributed by atoms with Crippen LogP contribution in [0.5, 0.6) is 0 Å². The van der Waals surface area contributed by atoms with E-state index in [9.17, 15) is 5.11 Å². The molecule has 0 bridgehead atoms. The highest BCUT2D eigenvalue weighted by molar-refractivity contribution is 7.09. The molecule has 1 unspecified atom stereocenters. The van der Waals surface area contributed by atoms with Crippen LogP contribution in [0, 0.1) is 0 Å². The lowest BCUT2D eigenvalue weighted by molar-refractivity contribution is 0.209. The Morgan fingerprint density at radius 3 is 3.00 bits per heavy atom. The maximum Gasteiger partial charge on any atom is 0.210 e. The van der Waals surface area contributed by atoms with E-state index in [0.717, 1.165) is 0 Å². The van der Waals surface area contributed by atoms with Crippen LogP contribution < -0.4 is 0 Å². The number of thiazole rings is 1. The third kappa shape index (κ3) is 1.56. The summed E-state index contributed by atoms with van der Waals surface area (Å²) in [7, 11) is 1.64. The molecule has 0 aromatic carbocycles. The fourth-order valence-corrected chi connectivity index (χ4v) is 1.51. The van der Waals surface area contributed by atoms with E-state index in [-0.39, 0.29) is 5.82 Å². The van der Waals surface area contributed by atoms with Crippen molar-refractivity contribution in [3.05, 3.63) is 22.4 Å². The topological polar surface area (TPSA) is 76.7 Å². The summed E-state index contributed by atoms with van der Waals surface area (Å²) in [6.45, 7) is 0. The molecule has 0 amide bonds. The lowest BCUT2D eigenvalue weighted by atomic mass is 10.4. The number of nitrogens with zero attached hydrogens (tertiary/aromatic N) is 5. The summed E-state index contributed by atoms with van der Waals surface area (Å²) in [5, 5.41) is 23.2. The van der Waals surface area contributed by atoms with Gasteiger partial charge in [-0.05, 0) is 5.21 Å². The number of aliphatic hydroxyl groups is 1. The minimum atomic E-state index is -0.867. The van der Waals surface area contributed by atoms with Crippen LogP contribution in [-0.2, 0) is 7.05 Å². The molecule has 2 aromatic heterocycles. The van der Waals surface area contributed by atoms with Crippen molar-refractivity contribution < 1.29 is 5.11 Å². The lowest BCUT2D eigenvalue weighted by Gasteiger charge is -1.99. The summed E-state index contributed by atoms with van der Waals surface area (Å²) in [6.07, 6.45) is 0.758. The molecule has 1 atom stereocenters. The summed E-state index contributed by atoms with van der Waals surface area (Å²) in [5.74, 6) is 0.275. The van der Waals surface area contributed by atoms with Gasteiger partial charge in [0.05, 0.1) is 7.05 Å². The van der Waals surface area contributed by atoms with Gasteiger partial charge in [-0.1, -0.05) is 0 Å². The maximum absolute atomic E-state index is 9.66. The Hall–Kier alpha value is -1.34. The minimum absolute atomic E-state index is 0.275. The number of hydrogen-bond acceptors (Lipinski definition) is 6. The molecule has 2 rings (SSSR count). The standard InChI is InChI=1S/C6H7N5OS/c1-11-9-5(8-10-11)4(12)6-7-2-3-13-6/h2-4,12H,1H3. The normalized spacial score (nSPS) is 13.1. The Kier molecular flexibility index (Phi) is 2.03. The molecule has 1 N–H and O–H groups in total. The first-order chi connectivity index (χ1) is 6.27. The molecular weight excluding hydrogens is 190 g/mol. The van der Waals surface area contributed by atoms with Crippen LogP contribution in [0.1, 0.15) is 16.9 Å². The van der Waals surface area contributed by atoms with Crippen molar-refractivity contribution in [2.45, 2.75) is 6.10 Å². The monoisotopic (exact) mass is 197 g/mol. The second-order valence-electron chi connectivity index (χ2n) is 2.41. The summed E-state index contributed by atoms with van der Waals surface area (Å²) in [6, 6.07) is 0. The Bertz CT molecular complexity index is 383. The van der Waals surface area contributed by atoms with Crippen molar-refractivity contribution in [2.24, 2.45) is 7.05 Å². The highest BCUT2D eigenvalue weighted by Crippen LogP contribution is 2.19. The summed E-state index contributed by atoms with van der Waals surface area (Å²) in [4.78, 5) is 5.25. The predicted molar refractivity (Wildman–Crippen MR) is 45.0 cm³/mol. The van der Waals surface area contributed by atoms with Gasteiger partial charge in [0.25, 0.3) is 0 Å². The summed E-state index contributed by atoms with van der Waals surface area (Å²) >= 11 is 1.36. The average Bonchev–Trinajstić information content (AvgIpc) is 2.72. The first kappa shape index (κ1) is 8.27. The van der Waals surface area contributed by atoms with Gasteiger partial charge in [-0.25, -0.2) is 4.98 Å². The van der Waals surface area contributed by atoms with Crippen molar-refractivity contribution >= 4 is 11.3 Å². The number of aliphatic hydroxyl groups excluding tert-OH is 1. The Balaban J connectivity index is 2.28. The number of tetrazole rings is 1. The zero-order chi connectivity index (χ0) is 9.26. The average molecular weight is 197 g/mol. The maximum atomic E-state index is 9.66. The Morgan fingerprint density at radius 1 is 1.62 bits per heavy atom. The van der Waals surface area contributed by atoms with Crippen LogP contribution in [0.15, 0.2) is 11.6 Å². The van der Waals surface area contributed by atoms with Crippen molar-refractivity contribution in [2.75, 3.05) is 0 Å². The fraction of sp³-hybridized carbons (Fsp3) is 0.333. The quantitative estimate of drug-likeness (QED) is 0.718. The zero-order valence-electron chi connectivity index (χ0n) is 6.82. The molecule has 0 saturated heterocycles. The molecule has 6 nitrogen and oxygen atoms in total. The highest BCUT2D eigenvalue weighted by Gasteiger charge is 2.17. The van der Waals surface area contributed by atoms with Crippen LogP contribution in [0.25, 0.3) is 0 Å². The van der Waals surface area contributed by atoms with Gasteiger partial charge >= 0.3 is 0 Å². The number of aryl methyl sites for hydroxylation is 1. The van der Waals surface area contributed by atoms with E-state index >= 15 is 0 Å². The van der Waals surface area contributed by atoms with Gasteiger partial charge in [-0.2, -0.15) is 4.80 Å². The largest absolute Gasteiger partial charge is 0.378 e. The van der Waals surface area contributed by atoms with Crippen LogP contribution in [0.4, 0.5) is 0 Å². The van der Waals surface area contributed by atoms with E-state index in [1.54, 1.807) is 18.6 Å². The summed E-state index contributed by atoms with van der Waals surface area (Å²) in [5.41, 5.74) is 0. The van der Waals surface area contributed by atoms with E-state index in [4.69, 9.17) is 0 Å². The van der Waals surface area contributed by atoms with Crippen molar-refractivity contribution in [1.29, 1.82) is 0 Å². The number of hydrogen-bond donors (Lipinski definition) is 1. The molecule has 7 heteroatoms. The molecule has 2 heterocycles. The molecule has 0 aliphatic carbocycles. The van der Waals surface area contributed by atoms with Gasteiger partial charge in [0.1, 0.15) is 5.01 Å². The highest BCUT2D eigenvalue weighted by atomic mass is 32.1. The lowest BCUT2D eigenvalue weighted by Crippen LogP contribution is -2.02. The van der Waals surface area contributed by atoms with Crippen LogP contribution >= 0.6 is 11.3 Å².